The Morgan fingerprint density at radius 2 is 1.45 bits per heavy atom. The number of phenols is 2. The number of nitrogens with one attached hydrogen (secondary N) is 3. The van der Waals surface area contributed by atoms with Crippen LogP contribution in [0.15, 0.2) is 66.7 Å². The quantitative estimate of drug-likeness (QED) is 0.159. The molecule has 3 aromatic carbocycles. The first-order valence-corrected chi connectivity index (χ1v) is 14.4. The van der Waals surface area contributed by atoms with Crippen LogP contribution in [0.2, 0.25) is 0 Å². The molecule has 1 aliphatic heterocycles. The van der Waals surface area contributed by atoms with Gasteiger partial charge in [-0.25, -0.2) is 4.79 Å². The molecule has 13 nitrogen and oxygen atoms in total. The van der Waals surface area contributed by atoms with Gasteiger partial charge in [0.05, 0.1) is 12.1 Å². The summed E-state index contributed by atoms with van der Waals surface area (Å²) in [5.41, 5.74) is 14.2. The van der Waals surface area contributed by atoms with Crippen molar-refractivity contribution in [3.05, 3.63) is 83.4 Å². The van der Waals surface area contributed by atoms with Crippen molar-refractivity contribution in [3.8, 4) is 22.6 Å². The Balaban J connectivity index is 0.00000384. The SMILES string of the molecule is Cl.Cl.NC[C@H](O)C[C@@H]1NC(=O)[C@@H](N)Cc2cc(ccc2O)-c2ccc(O)c(c2)C[C@@H](C(=O)N[C@@H](Cc2ccccc2)C(=O)O)NC1=O. The molecular weight excluding hydrogens is 653 g/mol. The maximum atomic E-state index is 13.7. The molecule has 0 saturated heterocycles. The van der Waals surface area contributed by atoms with Crippen molar-refractivity contribution in [2.45, 2.75) is 56.0 Å². The third-order valence-electron chi connectivity index (χ3n) is 7.64. The summed E-state index contributed by atoms with van der Waals surface area (Å²) >= 11 is 0. The number of aliphatic hydroxyl groups is 1. The Hall–Kier alpha value is -4.40. The van der Waals surface area contributed by atoms with E-state index in [9.17, 15) is 39.6 Å². The number of hydrogen-bond acceptors (Lipinski definition) is 9. The standard InChI is InChI=1S/C32H37N5O8.2ClH/c33-16-22(38)15-25-31(43)36-24(30(42)37-26(32(44)45)10-17-4-2-1-3-5-17)14-21-12-19(7-9-28(21)40)18-6-8-27(39)20(11-18)13-23(34)29(41)35-25;;/h1-9,11-12,22-26,38-40H,10,13-16,33-34H2,(H,35,41)(H,36,43)(H,37,42)(H,44,45);2*1H/t22-,23+,24+,25+,26+;;/m1../s1. The Bertz CT molecular complexity index is 1560. The number of nitrogens with two attached hydrogens (primary N) is 2. The van der Waals surface area contributed by atoms with Crippen LogP contribution < -0.4 is 27.4 Å². The van der Waals surface area contributed by atoms with E-state index in [1.165, 1.54) is 12.1 Å². The monoisotopic (exact) mass is 691 g/mol. The highest BCUT2D eigenvalue weighted by atomic mass is 35.5. The van der Waals surface area contributed by atoms with Crippen LogP contribution in [0.25, 0.3) is 11.1 Å². The van der Waals surface area contributed by atoms with E-state index >= 15 is 0 Å². The van der Waals surface area contributed by atoms with Gasteiger partial charge in [-0.15, -0.1) is 24.8 Å². The number of carbonyl (C=O) groups excluding carboxylic acids is 3. The van der Waals surface area contributed by atoms with Gasteiger partial charge in [0.15, 0.2) is 0 Å². The summed E-state index contributed by atoms with van der Waals surface area (Å²) in [7, 11) is 0. The second-order valence-corrected chi connectivity index (χ2v) is 11.0. The van der Waals surface area contributed by atoms with Gasteiger partial charge in [-0.1, -0.05) is 42.5 Å². The molecule has 0 radical (unpaired) electrons. The average Bonchev–Trinajstić information content (AvgIpc) is 3.01. The number of fused-ring (bicyclic) bond motifs is 5. The maximum Gasteiger partial charge on any atom is 0.326 e. The minimum Gasteiger partial charge on any atom is -0.508 e. The lowest BCUT2D eigenvalue weighted by Gasteiger charge is -2.26. The summed E-state index contributed by atoms with van der Waals surface area (Å²) in [6, 6.07) is 12.7. The number of halogens is 2. The molecule has 15 heteroatoms. The van der Waals surface area contributed by atoms with Gasteiger partial charge in [-0.2, -0.15) is 0 Å². The summed E-state index contributed by atoms with van der Waals surface area (Å²) in [6.07, 6.45) is -1.91. The number of amides is 3. The molecule has 3 amide bonds. The lowest BCUT2D eigenvalue weighted by molar-refractivity contribution is -0.142. The number of aliphatic hydroxyl groups excluding tert-OH is 1. The first-order valence-electron chi connectivity index (χ1n) is 14.4. The molecule has 1 heterocycles. The van der Waals surface area contributed by atoms with E-state index < -0.39 is 54.0 Å². The molecule has 0 saturated carbocycles. The van der Waals surface area contributed by atoms with Gasteiger partial charge in [0.25, 0.3) is 0 Å². The zero-order chi connectivity index (χ0) is 32.7. The molecular formula is C32H39Cl2N5O8. The van der Waals surface area contributed by atoms with Crippen molar-refractivity contribution in [1.29, 1.82) is 0 Å². The van der Waals surface area contributed by atoms with Crippen molar-refractivity contribution in [2.24, 2.45) is 11.5 Å². The predicted molar refractivity (Wildman–Crippen MR) is 178 cm³/mol. The smallest absolute Gasteiger partial charge is 0.326 e. The molecule has 0 aromatic heterocycles. The number of hydrogen-bond donors (Lipinski definition) is 9. The van der Waals surface area contributed by atoms with Gasteiger partial charge in [0.1, 0.15) is 29.6 Å². The van der Waals surface area contributed by atoms with Crippen molar-refractivity contribution in [3.63, 3.8) is 0 Å². The molecule has 4 bridgehead atoms. The summed E-state index contributed by atoms with van der Waals surface area (Å²) in [5, 5.41) is 48.9. The summed E-state index contributed by atoms with van der Waals surface area (Å²) < 4.78 is 0. The summed E-state index contributed by atoms with van der Waals surface area (Å²) in [4.78, 5) is 52.5. The van der Waals surface area contributed by atoms with Crippen molar-refractivity contribution < 1.29 is 39.6 Å². The molecule has 0 fully saturated rings. The number of aromatic hydroxyl groups is 2. The maximum absolute atomic E-state index is 13.7. The number of carbonyl (C=O) groups is 4. The number of rotatable bonds is 8. The Morgan fingerprint density at radius 3 is 2.00 bits per heavy atom. The molecule has 5 atom stereocenters. The third-order valence-corrected chi connectivity index (χ3v) is 7.64. The highest BCUT2D eigenvalue weighted by Crippen LogP contribution is 2.31. The molecule has 0 aliphatic carbocycles. The van der Waals surface area contributed by atoms with Crippen LogP contribution in [0, 0.1) is 0 Å². The number of phenolic OH excluding ortho intramolecular Hbond substituents is 2. The molecule has 4 rings (SSSR count). The normalized spacial score (nSPS) is 19.2. The van der Waals surface area contributed by atoms with Crippen LogP contribution >= 0.6 is 24.8 Å². The Kier molecular flexibility index (Phi) is 14.4. The van der Waals surface area contributed by atoms with Crippen molar-refractivity contribution >= 4 is 48.5 Å². The Morgan fingerprint density at radius 1 is 0.872 bits per heavy atom. The third kappa shape index (κ3) is 10.3. The first-order chi connectivity index (χ1) is 21.4. The van der Waals surface area contributed by atoms with E-state index in [-0.39, 0.29) is 74.1 Å². The van der Waals surface area contributed by atoms with Crippen LogP contribution in [0.3, 0.4) is 0 Å². The van der Waals surface area contributed by atoms with Crippen molar-refractivity contribution in [2.75, 3.05) is 6.54 Å². The lowest BCUT2D eigenvalue weighted by atomic mass is 9.95. The highest BCUT2D eigenvalue weighted by molar-refractivity contribution is 5.94. The largest absolute Gasteiger partial charge is 0.508 e. The molecule has 47 heavy (non-hydrogen) atoms. The molecule has 0 spiro atoms. The summed E-state index contributed by atoms with van der Waals surface area (Å²) in [5.74, 6) is -4.06. The number of benzene rings is 3. The fourth-order valence-electron chi connectivity index (χ4n) is 5.09. The highest BCUT2D eigenvalue weighted by Gasteiger charge is 2.32. The van der Waals surface area contributed by atoms with Gasteiger partial charge >= 0.3 is 5.97 Å². The second kappa shape index (κ2) is 17.5. The molecule has 1 aliphatic rings. The topological polar surface area (TPSA) is 237 Å². The van der Waals surface area contributed by atoms with Crippen LogP contribution in [-0.2, 0) is 38.4 Å². The fourth-order valence-corrected chi connectivity index (χ4v) is 5.09. The minimum atomic E-state index is -1.42. The van der Waals surface area contributed by atoms with E-state index in [2.05, 4.69) is 16.0 Å². The second-order valence-electron chi connectivity index (χ2n) is 11.0. The van der Waals surface area contributed by atoms with Crippen LogP contribution in [0.4, 0.5) is 0 Å². The zero-order valence-electron chi connectivity index (χ0n) is 25.2. The van der Waals surface area contributed by atoms with Gasteiger partial charge in [0.2, 0.25) is 17.7 Å². The number of aliphatic carboxylic acids is 1. The van der Waals surface area contributed by atoms with Crippen LogP contribution in [0.5, 0.6) is 11.5 Å². The number of carboxylic acids is 1. The lowest BCUT2D eigenvalue weighted by Crippen LogP contribution is -2.58. The fraction of sp³-hybridized carbons (Fsp3) is 0.312. The van der Waals surface area contributed by atoms with Crippen LogP contribution in [0.1, 0.15) is 23.1 Å². The van der Waals surface area contributed by atoms with Gasteiger partial charge in [-0.05, 0) is 52.1 Å². The molecule has 3 aromatic rings. The molecule has 0 unspecified atom stereocenters. The first kappa shape index (κ1) is 38.8. The predicted octanol–water partition coefficient (Wildman–Crippen LogP) is 0.526. The van der Waals surface area contributed by atoms with Crippen molar-refractivity contribution in [1.82, 2.24) is 16.0 Å². The van der Waals surface area contributed by atoms with E-state index in [1.54, 1.807) is 54.6 Å². The summed E-state index contributed by atoms with van der Waals surface area (Å²) in [6.45, 7) is -0.225. The van der Waals surface area contributed by atoms with E-state index in [1.807, 2.05) is 0 Å². The van der Waals surface area contributed by atoms with E-state index in [4.69, 9.17) is 11.5 Å². The molecule has 11 N–H and O–H groups in total. The van der Waals surface area contributed by atoms with Crippen LogP contribution in [-0.4, -0.2) is 80.9 Å². The average molecular weight is 693 g/mol. The van der Waals surface area contributed by atoms with Gasteiger partial charge in [0, 0.05) is 32.2 Å². The Labute approximate surface area is 283 Å². The zero-order valence-corrected chi connectivity index (χ0v) is 26.8. The number of carboxylic acid groups (broad SMARTS) is 1. The molecule has 254 valence electrons. The van der Waals surface area contributed by atoms with E-state index in [0.29, 0.717) is 22.3 Å². The minimum absolute atomic E-state index is 0. The van der Waals surface area contributed by atoms with Gasteiger partial charge in [-0.3, -0.25) is 14.4 Å². The van der Waals surface area contributed by atoms with E-state index in [0.717, 1.165) is 0 Å². The van der Waals surface area contributed by atoms with Gasteiger partial charge < -0.3 is 47.8 Å².